The van der Waals surface area contributed by atoms with E-state index in [1.807, 2.05) is 41.1 Å². The SMILES string of the molecule is COc1cc(N2CC3(CN(CCc4ccc(-c5cnc6[nH]cc(C(=O)c7c(F)ccc(NS(=O)(=O)N8CC[C@@H](F)C8)c7F)c6c5)cc4)C3)C2)ccc1C(=O)N[C@H]1CCC(=O)NC1=O. The zero-order valence-electron chi connectivity index (χ0n) is 34.0. The fourth-order valence-electron chi connectivity index (χ4n) is 8.92. The Hall–Kier alpha value is -6.31. The summed E-state index contributed by atoms with van der Waals surface area (Å²) in [6.45, 7) is 4.05. The summed E-state index contributed by atoms with van der Waals surface area (Å²) in [5, 5.41) is 5.27. The van der Waals surface area contributed by atoms with Gasteiger partial charge in [-0.15, -0.1) is 0 Å². The molecule has 0 aliphatic carbocycles. The van der Waals surface area contributed by atoms with E-state index in [1.54, 1.807) is 18.3 Å². The zero-order valence-corrected chi connectivity index (χ0v) is 34.9. The van der Waals surface area contributed by atoms with Crippen LogP contribution >= 0.6 is 0 Å². The summed E-state index contributed by atoms with van der Waals surface area (Å²) in [7, 11) is -2.86. The van der Waals surface area contributed by atoms with E-state index >= 15 is 8.78 Å². The van der Waals surface area contributed by atoms with Crippen LogP contribution in [-0.4, -0.2) is 116 Å². The van der Waals surface area contributed by atoms with Crippen LogP contribution in [0.25, 0.3) is 22.2 Å². The molecule has 3 aromatic carbocycles. The first-order valence-corrected chi connectivity index (χ1v) is 21.9. The largest absolute Gasteiger partial charge is 0.496 e. The Morgan fingerprint density at radius 2 is 1.75 bits per heavy atom. The molecule has 0 radical (unpaired) electrons. The molecule has 19 heteroatoms. The molecule has 4 fully saturated rings. The molecule has 6 heterocycles. The first kappa shape index (κ1) is 42.0. The molecule has 0 unspecified atom stereocenters. The highest BCUT2D eigenvalue weighted by atomic mass is 32.2. The molecule has 0 saturated carbocycles. The van der Waals surface area contributed by atoms with E-state index in [-0.39, 0.29) is 42.7 Å². The summed E-state index contributed by atoms with van der Waals surface area (Å²) >= 11 is 0. The number of fused-ring (bicyclic) bond motifs is 1. The maximum atomic E-state index is 15.7. The number of piperidine rings is 1. The number of aromatic nitrogens is 2. The van der Waals surface area contributed by atoms with Crippen LogP contribution in [0.1, 0.15) is 51.1 Å². The number of anilines is 2. The third kappa shape index (κ3) is 8.23. The second kappa shape index (κ2) is 16.4. The lowest BCUT2D eigenvalue weighted by molar-refractivity contribution is -0.134. The van der Waals surface area contributed by atoms with E-state index in [0.717, 1.165) is 72.4 Å². The van der Waals surface area contributed by atoms with Gasteiger partial charge in [0.1, 0.15) is 29.4 Å². The number of hydrogen-bond acceptors (Lipinski definition) is 10. The Balaban J connectivity index is 0.790. The molecule has 2 atom stereocenters. The Kier molecular flexibility index (Phi) is 11.0. The van der Waals surface area contributed by atoms with Gasteiger partial charge >= 0.3 is 10.2 Å². The van der Waals surface area contributed by atoms with Crippen LogP contribution in [0.15, 0.2) is 73.1 Å². The smallest absolute Gasteiger partial charge is 0.301 e. The number of hydrogen-bond donors (Lipinski definition) is 4. The van der Waals surface area contributed by atoms with E-state index in [0.29, 0.717) is 27.9 Å². The van der Waals surface area contributed by atoms with Gasteiger partial charge in [0.05, 0.1) is 23.9 Å². The number of methoxy groups -OCH3 is 1. The number of nitrogens with zero attached hydrogens (tertiary/aromatic N) is 4. The number of H-pyrrole nitrogens is 1. The molecule has 9 rings (SSSR count). The lowest BCUT2D eigenvalue weighted by Gasteiger charge is -2.61. The third-order valence-corrected chi connectivity index (χ3v) is 13.8. The summed E-state index contributed by atoms with van der Waals surface area (Å²) in [4.78, 5) is 62.2. The Labute approximate surface area is 360 Å². The first-order chi connectivity index (χ1) is 30.2. The van der Waals surface area contributed by atoms with E-state index < -0.39 is 69.5 Å². The number of nitrogens with one attached hydrogen (secondary N) is 4. The van der Waals surface area contributed by atoms with Gasteiger partial charge in [-0.2, -0.15) is 12.7 Å². The van der Waals surface area contributed by atoms with Crippen molar-refractivity contribution in [3.05, 3.63) is 107 Å². The number of amides is 3. The van der Waals surface area contributed by atoms with Gasteiger partial charge in [0.2, 0.25) is 17.6 Å². The number of alkyl halides is 1. The Bertz CT molecular complexity index is 2770. The van der Waals surface area contributed by atoms with Gasteiger partial charge in [-0.25, -0.2) is 18.2 Å². The molecule has 5 aromatic rings. The first-order valence-electron chi connectivity index (χ1n) is 20.5. The van der Waals surface area contributed by atoms with Gasteiger partial charge in [0.25, 0.3) is 5.91 Å². The van der Waals surface area contributed by atoms with Crippen molar-refractivity contribution in [2.75, 3.05) is 62.5 Å². The lowest BCUT2D eigenvalue weighted by Crippen LogP contribution is -2.72. The van der Waals surface area contributed by atoms with E-state index in [4.69, 9.17) is 4.74 Å². The molecule has 3 amide bonds. The maximum Gasteiger partial charge on any atom is 0.301 e. The van der Waals surface area contributed by atoms with Crippen molar-refractivity contribution in [2.24, 2.45) is 5.41 Å². The molecular weight excluding hydrogens is 842 g/mol. The van der Waals surface area contributed by atoms with Crippen LogP contribution in [0.3, 0.4) is 0 Å². The highest BCUT2D eigenvalue weighted by Crippen LogP contribution is 2.43. The number of imide groups is 1. The van der Waals surface area contributed by atoms with Crippen LogP contribution < -0.4 is 25.0 Å². The summed E-state index contributed by atoms with van der Waals surface area (Å²) in [6, 6.07) is 16.0. The predicted octanol–water partition coefficient (Wildman–Crippen LogP) is 4.35. The van der Waals surface area contributed by atoms with Crippen molar-refractivity contribution in [1.29, 1.82) is 0 Å². The maximum absolute atomic E-state index is 15.7. The fraction of sp³-hybridized carbons (Fsp3) is 0.341. The lowest BCUT2D eigenvalue weighted by atomic mass is 9.72. The normalized spacial score (nSPS) is 20.0. The van der Waals surface area contributed by atoms with Crippen molar-refractivity contribution in [3.8, 4) is 16.9 Å². The Morgan fingerprint density at radius 1 is 0.968 bits per heavy atom. The summed E-state index contributed by atoms with van der Waals surface area (Å²) < 4.78 is 78.4. The monoisotopic (exact) mass is 884 g/mol. The second-order valence-corrected chi connectivity index (χ2v) is 18.3. The van der Waals surface area contributed by atoms with Gasteiger partial charge < -0.3 is 24.8 Å². The van der Waals surface area contributed by atoms with Crippen molar-refractivity contribution in [1.82, 2.24) is 29.8 Å². The number of benzene rings is 3. The molecule has 4 aliphatic heterocycles. The molecular formula is C44H43F3N8O7S. The minimum absolute atomic E-state index is 0.000556. The topological polar surface area (TPSA) is 186 Å². The van der Waals surface area contributed by atoms with Gasteiger partial charge in [0, 0.05) is 98.3 Å². The number of pyridine rings is 1. The molecule has 328 valence electrons. The highest BCUT2D eigenvalue weighted by Gasteiger charge is 2.51. The molecule has 4 saturated heterocycles. The van der Waals surface area contributed by atoms with Crippen LogP contribution in [0.2, 0.25) is 0 Å². The number of halogens is 3. The van der Waals surface area contributed by atoms with Crippen molar-refractivity contribution < 1.29 is 45.5 Å². The van der Waals surface area contributed by atoms with E-state index in [2.05, 4.69) is 30.4 Å². The van der Waals surface area contributed by atoms with E-state index in [1.165, 1.54) is 13.3 Å². The quantitative estimate of drug-likeness (QED) is 0.0980. The van der Waals surface area contributed by atoms with Gasteiger partial charge in [-0.1, -0.05) is 24.3 Å². The van der Waals surface area contributed by atoms with Crippen molar-refractivity contribution >= 4 is 56.1 Å². The number of aromatic amines is 1. The molecule has 15 nitrogen and oxygen atoms in total. The molecule has 4 aliphatic rings. The number of rotatable bonds is 13. The minimum Gasteiger partial charge on any atom is -0.496 e. The number of carbonyl (C=O) groups is 4. The summed E-state index contributed by atoms with van der Waals surface area (Å²) in [6.07, 6.45) is 2.82. The van der Waals surface area contributed by atoms with Gasteiger partial charge in [-0.05, 0) is 60.7 Å². The predicted molar refractivity (Wildman–Crippen MR) is 226 cm³/mol. The molecule has 2 aromatic heterocycles. The minimum atomic E-state index is -4.36. The molecule has 63 heavy (non-hydrogen) atoms. The van der Waals surface area contributed by atoms with Crippen molar-refractivity contribution in [3.63, 3.8) is 0 Å². The average Bonchev–Trinajstić information content (AvgIpc) is 3.88. The fourth-order valence-corrected chi connectivity index (χ4v) is 10.2. The van der Waals surface area contributed by atoms with Gasteiger partial charge in [-0.3, -0.25) is 29.2 Å². The number of ketones is 1. The highest BCUT2D eigenvalue weighted by molar-refractivity contribution is 7.90. The van der Waals surface area contributed by atoms with Crippen molar-refractivity contribution in [2.45, 2.75) is 37.9 Å². The summed E-state index contributed by atoms with van der Waals surface area (Å²) in [5.74, 6) is -4.49. The van der Waals surface area contributed by atoms with Crippen LogP contribution in [-0.2, 0) is 26.2 Å². The number of ether oxygens (including phenoxy) is 1. The average molecular weight is 885 g/mol. The molecule has 0 bridgehead atoms. The third-order valence-electron chi connectivity index (χ3n) is 12.3. The Morgan fingerprint density at radius 3 is 2.46 bits per heavy atom. The number of carbonyl (C=O) groups excluding carboxylic acids is 4. The van der Waals surface area contributed by atoms with Gasteiger partial charge in [0.15, 0.2) is 5.82 Å². The van der Waals surface area contributed by atoms with E-state index in [9.17, 15) is 32.0 Å². The number of likely N-dealkylation sites (tertiary alicyclic amines) is 1. The van der Waals surface area contributed by atoms with Crippen LogP contribution in [0.5, 0.6) is 5.75 Å². The second-order valence-electron chi connectivity index (χ2n) is 16.7. The molecule has 4 N–H and O–H groups in total. The van der Waals surface area contributed by atoms with Crippen LogP contribution in [0.4, 0.5) is 24.5 Å². The standard InChI is InChI=1S/C44H43F3N8O7S/c1-62-36-17-29(6-7-30(36)42(58)50-35-10-11-37(56)51-43(35)59)54-23-44(24-54)21-53(22-44)14-12-25-2-4-26(5-3-25)27-16-31-32(19-49-41(31)48-18-27)40(57)38-33(46)8-9-34(39(38)47)52-63(60,61)55-15-13-28(45)20-55/h2-9,16-19,28,35,52H,10-15,20-24H2,1H3,(H,48,49)(H,50,58)(H,51,56,59)/t28-,35+/m1/s1. The molecule has 1 spiro atoms. The summed E-state index contributed by atoms with van der Waals surface area (Å²) in [5.41, 5.74) is 2.74. The zero-order chi connectivity index (χ0) is 44.2. The van der Waals surface area contributed by atoms with Crippen LogP contribution in [0, 0.1) is 17.0 Å².